The lowest BCUT2D eigenvalue weighted by Gasteiger charge is -2.18. The van der Waals surface area contributed by atoms with Crippen LogP contribution in [0.3, 0.4) is 0 Å². The number of ether oxygens (including phenoxy) is 1. The molecule has 0 rings (SSSR count). The third kappa shape index (κ3) is 4.06. The summed E-state index contributed by atoms with van der Waals surface area (Å²) < 4.78 is 4.54. The fourth-order valence-electron chi connectivity index (χ4n) is 0.643. The van der Waals surface area contributed by atoms with E-state index in [0.29, 0.717) is 6.54 Å². The molecule has 1 amide bonds. The molecule has 0 fully saturated rings. The first-order valence-electron chi connectivity index (χ1n) is 3.43. The van der Waals surface area contributed by atoms with Crippen molar-refractivity contribution in [3.05, 3.63) is 0 Å². The van der Waals surface area contributed by atoms with Gasteiger partial charge in [0.25, 0.3) is 0 Å². The van der Waals surface area contributed by atoms with Crippen LogP contribution < -0.4 is 5.43 Å². The van der Waals surface area contributed by atoms with Gasteiger partial charge in [-0.1, -0.05) is 18.5 Å². The van der Waals surface area contributed by atoms with Crippen LogP contribution in [0.2, 0.25) is 0 Å². The molecule has 0 aromatic heterocycles. The highest BCUT2D eigenvalue weighted by atomic mass is 35.5. The van der Waals surface area contributed by atoms with Crippen molar-refractivity contribution in [2.24, 2.45) is 0 Å². The molecule has 5 heteroatoms. The number of nitrogens with zero attached hydrogens (tertiary/aromatic N) is 1. The Balaban J connectivity index is 3.71. The molecule has 0 saturated carbocycles. The standard InChI is InChI=1S/C6H13ClN2O2/c1-3-4-9(8-2)6(10)11-5-7/h8H,3-5H2,1-2H3. The summed E-state index contributed by atoms with van der Waals surface area (Å²) in [6.45, 7) is 2.59. The van der Waals surface area contributed by atoms with E-state index >= 15 is 0 Å². The third-order valence-corrected chi connectivity index (χ3v) is 1.22. The molecular weight excluding hydrogens is 168 g/mol. The van der Waals surface area contributed by atoms with Crippen molar-refractivity contribution in [1.82, 2.24) is 10.4 Å². The topological polar surface area (TPSA) is 41.6 Å². The van der Waals surface area contributed by atoms with Gasteiger partial charge in [0.15, 0.2) is 6.07 Å². The van der Waals surface area contributed by atoms with Crippen molar-refractivity contribution in [3.63, 3.8) is 0 Å². The summed E-state index contributed by atoms with van der Waals surface area (Å²) in [5.41, 5.74) is 2.69. The molecule has 0 saturated heterocycles. The predicted molar refractivity (Wildman–Crippen MR) is 43.3 cm³/mol. The molecule has 0 atom stereocenters. The number of amides is 1. The molecule has 0 aromatic carbocycles. The number of hydrogen-bond donors (Lipinski definition) is 1. The van der Waals surface area contributed by atoms with E-state index < -0.39 is 6.09 Å². The van der Waals surface area contributed by atoms with Crippen LogP contribution in [-0.4, -0.2) is 30.8 Å². The highest BCUT2D eigenvalue weighted by Gasteiger charge is 2.10. The van der Waals surface area contributed by atoms with E-state index in [-0.39, 0.29) is 6.07 Å². The number of carbonyl (C=O) groups excluding carboxylic acids is 1. The monoisotopic (exact) mass is 180 g/mol. The first-order chi connectivity index (χ1) is 5.26. The number of carbonyl (C=O) groups is 1. The van der Waals surface area contributed by atoms with Crippen molar-refractivity contribution in [2.45, 2.75) is 13.3 Å². The SMILES string of the molecule is CCCN(NC)C(=O)OCCl. The maximum atomic E-state index is 10.9. The van der Waals surface area contributed by atoms with Crippen LogP contribution in [0, 0.1) is 0 Å². The molecule has 0 aliphatic heterocycles. The van der Waals surface area contributed by atoms with Crippen molar-refractivity contribution < 1.29 is 9.53 Å². The van der Waals surface area contributed by atoms with Crippen molar-refractivity contribution >= 4 is 17.7 Å². The smallest absolute Gasteiger partial charge is 0.425 e. The number of rotatable bonds is 4. The summed E-state index contributed by atoms with van der Waals surface area (Å²) in [7, 11) is 1.66. The Morgan fingerprint density at radius 1 is 1.73 bits per heavy atom. The lowest BCUT2D eigenvalue weighted by atomic mass is 10.5. The van der Waals surface area contributed by atoms with Crippen LogP contribution in [-0.2, 0) is 4.74 Å². The lowest BCUT2D eigenvalue weighted by Crippen LogP contribution is -2.41. The van der Waals surface area contributed by atoms with Crippen LogP contribution in [0.1, 0.15) is 13.3 Å². The minimum absolute atomic E-state index is 0.110. The number of hydrazine groups is 1. The average molecular weight is 181 g/mol. The van der Waals surface area contributed by atoms with Gasteiger partial charge >= 0.3 is 6.09 Å². The number of halogens is 1. The highest BCUT2D eigenvalue weighted by molar-refractivity contribution is 6.17. The molecule has 0 bridgehead atoms. The summed E-state index contributed by atoms with van der Waals surface area (Å²) in [6.07, 6.45) is 0.433. The fourth-order valence-corrected chi connectivity index (χ4v) is 0.736. The molecular formula is C6H13ClN2O2. The summed E-state index contributed by atoms with van der Waals surface area (Å²) in [6, 6.07) is -0.110. The summed E-state index contributed by atoms with van der Waals surface area (Å²) in [4.78, 5) is 10.9. The molecule has 0 spiro atoms. The van der Waals surface area contributed by atoms with Gasteiger partial charge in [0.05, 0.1) is 0 Å². The second-order valence-electron chi connectivity index (χ2n) is 1.89. The Morgan fingerprint density at radius 3 is 2.73 bits per heavy atom. The molecule has 0 unspecified atom stereocenters. The lowest BCUT2D eigenvalue weighted by molar-refractivity contribution is 0.101. The van der Waals surface area contributed by atoms with Gasteiger partial charge in [-0.25, -0.2) is 15.2 Å². The van der Waals surface area contributed by atoms with Crippen LogP contribution in [0.15, 0.2) is 0 Å². The fraction of sp³-hybridized carbons (Fsp3) is 0.833. The van der Waals surface area contributed by atoms with Crippen LogP contribution >= 0.6 is 11.6 Å². The van der Waals surface area contributed by atoms with Crippen molar-refractivity contribution in [1.29, 1.82) is 0 Å². The second kappa shape index (κ2) is 6.24. The molecule has 0 aromatic rings. The van der Waals surface area contributed by atoms with Gasteiger partial charge in [-0.2, -0.15) is 0 Å². The Labute approximate surface area is 71.4 Å². The Kier molecular flexibility index (Phi) is 5.97. The Bertz CT molecular complexity index is 121. The molecule has 0 heterocycles. The van der Waals surface area contributed by atoms with Crippen molar-refractivity contribution in [2.75, 3.05) is 19.7 Å². The van der Waals surface area contributed by atoms with Crippen LogP contribution in [0.4, 0.5) is 4.79 Å². The van der Waals surface area contributed by atoms with Gasteiger partial charge in [0.2, 0.25) is 0 Å². The summed E-state index contributed by atoms with van der Waals surface area (Å²) in [5, 5.41) is 1.36. The van der Waals surface area contributed by atoms with Gasteiger partial charge < -0.3 is 4.74 Å². The maximum Gasteiger partial charge on any atom is 0.425 e. The predicted octanol–water partition coefficient (Wildman–Crippen LogP) is 1.17. The molecule has 0 aliphatic carbocycles. The van der Waals surface area contributed by atoms with E-state index in [1.807, 2.05) is 6.92 Å². The minimum Gasteiger partial charge on any atom is -0.432 e. The molecule has 4 nitrogen and oxygen atoms in total. The van der Waals surface area contributed by atoms with E-state index in [4.69, 9.17) is 11.6 Å². The maximum absolute atomic E-state index is 10.9. The Morgan fingerprint density at radius 2 is 2.36 bits per heavy atom. The van der Waals surface area contributed by atoms with E-state index in [1.165, 1.54) is 5.01 Å². The first-order valence-corrected chi connectivity index (χ1v) is 3.97. The largest absolute Gasteiger partial charge is 0.432 e. The van der Waals surface area contributed by atoms with E-state index in [1.54, 1.807) is 7.05 Å². The third-order valence-electron chi connectivity index (χ3n) is 1.12. The first kappa shape index (κ1) is 10.5. The number of hydrogen-bond acceptors (Lipinski definition) is 3. The molecule has 0 radical (unpaired) electrons. The van der Waals surface area contributed by atoms with E-state index in [9.17, 15) is 4.79 Å². The molecule has 66 valence electrons. The van der Waals surface area contributed by atoms with Gasteiger partial charge in [-0.05, 0) is 6.42 Å². The van der Waals surface area contributed by atoms with Gasteiger partial charge in [0.1, 0.15) is 0 Å². The normalized spacial score (nSPS) is 9.36. The number of nitrogens with one attached hydrogen (secondary N) is 1. The highest BCUT2D eigenvalue weighted by Crippen LogP contribution is 1.92. The average Bonchev–Trinajstić information content (AvgIpc) is 2.00. The number of alkyl halides is 1. The molecule has 11 heavy (non-hydrogen) atoms. The van der Waals surface area contributed by atoms with Crippen LogP contribution in [0.25, 0.3) is 0 Å². The summed E-state index contributed by atoms with van der Waals surface area (Å²) >= 11 is 5.20. The van der Waals surface area contributed by atoms with E-state index in [2.05, 4.69) is 10.2 Å². The van der Waals surface area contributed by atoms with Gasteiger partial charge in [-0.3, -0.25) is 0 Å². The zero-order chi connectivity index (χ0) is 8.69. The summed E-state index contributed by atoms with van der Waals surface area (Å²) in [5.74, 6) is 0. The molecule has 0 aliphatic rings. The quantitative estimate of drug-likeness (QED) is 0.522. The zero-order valence-corrected chi connectivity index (χ0v) is 7.52. The minimum atomic E-state index is -0.440. The van der Waals surface area contributed by atoms with Crippen LogP contribution in [0.5, 0.6) is 0 Å². The zero-order valence-electron chi connectivity index (χ0n) is 6.76. The van der Waals surface area contributed by atoms with E-state index in [0.717, 1.165) is 6.42 Å². The molecule has 1 N–H and O–H groups in total. The Hall–Kier alpha value is -0.480. The van der Waals surface area contributed by atoms with Gasteiger partial charge in [-0.15, -0.1) is 0 Å². The second-order valence-corrected chi connectivity index (χ2v) is 2.11. The van der Waals surface area contributed by atoms with Gasteiger partial charge in [0, 0.05) is 13.6 Å². The van der Waals surface area contributed by atoms with Crippen molar-refractivity contribution in [3.8, 4) is 0 Å².